The average Bonchev–Trinajstić information content (AvgIpc) is 3.04. The topological polar surface area (TPSA) is 87.0 Å². The summed E-state index contributed by atoms with van der Waals surface area (Å²) in [6.45, 7) is 0. The first-order valence-corrected chi connectivity index (χ1v) is 8.32. The number of amides is 1. The summed E-state index contributed by atoms with van der Waals surface area (Å²) in [6, 6.07) is 18.3. The van der Waals surface area contributed by atoms with E-state index in [1.807, 2.05) is 36.4 Å². The summed E-state index contributed by atoms with van der Waals surface area (Å²) in [4.78, 5) is 22.6. The molecule has 3 aromatic rings. The third-order valence-corrected chi connectivity index (χ3v) is 3.89. The van der Waals surface area contributed by atoms with Gasteiger partial charge in [0.2, 0.25) is 5.91 Å². The van der Waals surface area contributed by atoms with Gasteiger partial charge in [-0.15, -0.1) is 0 Å². The van der Waals surface area contributed by atoms with Crippen molar-refractivity contribution in [2.45, 2.75) is 12.8 Å². The molecule has 1 amide bonds. The molecule has 26 heavy (non-hydrogen) atoms. The van der Waals surface area contributed by atoms with Crippen molar-refractivity contribution >= 4 is 29.3 Å². The van der Waals surface area contributed by atoms with E-state index in [0.717, 1.165) is 5.56 Å². The minimum atomic E-state index is -1.27. The van der Waals surface area contributed by atoms with Crippen molar-refractivity contribution < 1.29 is 14.7 Å². The van der Waals surface area contributed by atoms with Crippen molar-refractivity contribution in [3.63, 3.8) is 0 Å². The number of rotatable bonds is 6. The Morgan fingerprint density at radius 3 is 2.50 bits per heavy atom. The highest BCUT2D eigenvalue weighted by atomic mass is 35.5. The molecule has 0 atom stereocenters. The maximum absolute atomic E-state index is 12.0. The number of nitrogens with zero attached hydrogens (tertiary/aromatic N) is 2. The molecule has 0 unspecified atom stereocenters. The van der Waals surface area contributed by atoms with Crippen LogP contribution >= 0.6 is 11.6 Å². The quantitative estimate of drug-likeness (QED) is 0.724. The van der Waals surface area contributed by atoms with Crippen LogP contribution in [0.1, 0.15) is 12.8 Å². The van der Waals surface area contributed by atoms with Gasteiger partial charge in [0.1, 0.15) is 5.82 Å². The summed E-state index contributed by atoms with van der Waals surface area (Å²) in [5.74, 6) is -1.28. The summed E-state index contributed by atoms with van der Waals surface area (Å²) in [5.41, 5.74) is 2.23. The Labute approximate surface area is 155 Å². The van der Waals surface area contributed by atoms with Gasteiger partial charge in [-0.2, -0.15) is 5.10 Å². The first kappa shape index (κ1) is 17.7. The molecule has 0 fully saturated rings. The van der Waals surface area contributed by atoms with Gasteiger partial charge in [0.25, 0.3) is 0 Å². The Hall–Kier alpha value is -3.12. The molecule has 1 heterocycles. The maximum atomic E-state index is 12.0. The number of hydrogen-bond acceptors (Lipinski definition) is 4. The second-order valence-electron chi connectivity index (χ2n) is 5.59. The fourth-order valence-electron chi connectivity index (χ4n) is 2.45. The summed E-state index contributed by atoms with van der Waals surface area (Å²) in [6.07, 6.45) is -0.521. The van der Waals surface area contributed by atoms with E-state index in [4.69, 9.17) is 11.6 Å². The molecular weight excluding hydrogens is 354 g/mol. The minimum absolute atomic E-state index is 0.177. The molecular formula is C19H15ClN3O3-. The van der Waals surface area contributed by atoms with E-state index in [1.165, 1.54) is 0 Å². The van der Waals surface area contributed by atoms with Crippen LogP contribution in [-0.2, 0) is 9.59 Å². The van der Waals surface area contributed by atoms with E-state index >= 15 is 0 Å². The SMILES string of the molecule is O=C([O-])CCC(=O)Nc1cc(-c2ccccc2)nn1-c1cccc(Cl)c1. The standard InChI is InChI=1S/C19H16ClN3O3/c20-14-7-4-8-15(11-14)23-17(21-18(24)9-10-19(25)26)12-16(22-23)13-5-2-1-3-6-13/h1-8,11-12H,9-10H2,(H,21,24)(H,25,26)/p-1. The fourth-order valence-corrected chi connectivity index (χ4v) is 2.63. The number of anilines is 1. The van der Waals surface area contributed by atoms with Crippen LogP contribution in [0.2, 0.25) is 5.02 Å². The summed E-state index contributed by atoms with van der Waals surface area (Å²) >= 11 is 6.06. The normalized spacial score (nSPS) is 10.5. The van der Waals surface area contributed by atoms with Crippen molar-refractivity contribution in [3.05, 3.63) is 65.7 Å². The molecule has 0 saturated heterocycles. The predicted octanol–water partition coefficient (Wildman–Crippen LogP) is 2.66. The summed E-state index contributed by atoms with van der Waals surface area (Å²) < 4.78 is 1.56. The molecule has 0 aliphatic carbocycles. The molecule has 3 rings (SSSR count). The first-order chi connectivity index (χ1) is 12.5. The number of carboxylic acid groups (broad SMARTS) is 1. The van der Waals surface area contributed by atoms with Gasteiger partial charge in [0.15, 0.2) is 0 Å². The van der Waals surface area contributed by atoms with Gasteiger partial charge in [-0.05, 0) is 24.6 Å². The number of hydrogen-bond donors (Lipinski definition) is 1. The third kappa shape index (κ3) is 4.29. The minimum Gasteiger partial charge on any atom is -0.550 e. The van der Waals surface area contributed by atoms with Gasteiger partial charge in [0, 0.05) is 29.0 Å². The number of benzene rings is 2. The Kier molecular flexibility index (Phi) is 5.34. The lowest BCUT2D eigenvalue weighted by Crippen LogP contribution is -2.24. The second-order valence-corrected chi connectivity index (χ2v) is 6.03. The van der Waals surface area contributed by atoms with Crippen LogP contribution in [-0.4, -0.2) is 21.7 Å². The van der Waals surface area contributed by atoms with Gasteiger partial charge in [-0.3, -0.25) is 4.79 Å². The molecule has 0 aliphatic rings. The summed E-state index contributed by atoms with van der Waals surface area (Å²) in [7, 11) is 0. The van der Waals surface area contributed by atoms with Crippen LogP contribution in [0.4, 0.5) is 5.82 Å². The molecule has 0 bridgehead atoms. The van der Waals surface area contributed by atoms with E-state index in [0.29, 0.717) is 22.2 Å². The lowest BCUT2D eigenvalue weighted by Gasteiger charge is -2.09. The molecule has 0 aliphatic heterocycles. The molecule has 1 aromatic heterocycles. The Morgan fingerprint density at radius 2 is 1.81 bits per heavy atom. The number of aromatic nitrogens is 2. The average molecular weight is 369 g/mol. The number of carbonyl (C=O) groups is 2. The van der Waals surface area contributed by atoms with E-state index < -0.39 is 11.9 Å². The van der Waals surface area contributed by atoms with Gasteiger partial charge >= 0.3 is 0 Å². The van der Waals surface area contributed by atoms with Gasteiger partial charge in [-0.1, -0.05) is 48.0 Å². The second kappa shape index (κ2) is 7.84. The predicted molar refractivity (Wildman–Crippen MR) is 96.9 cm³/mol. The zero-order chi connectivity index (χ0) is 18.5. The molecule has 132 valence electrons. The number of carboxylic acids is 1. The van der Waals surface area contributed by atoms with Crippen LogP contribution in [0.3, 0.4) is 0 Å². The molecule has 2 aromatic carbocycles. The molecule has 7 heteroatoms. The molecule has 1 N–H and O–H groups in total. The number of nitrogens with one attached hydrogen (secondary N) is 1. The molecule has 0 saturated carbocycles. The van der Waals surface area contributed by atoms with E-state index in [9.17, 15) is 14.7 Å². The Balaban J connectivity index is 1.96. The number of carbonyl (C=O) groups excluding carboxylic acids is 2. The number of aliphatic carboxylic acids is 1. The van der Waals surface area contributed by atoms with Gasteiger partial charge in [0.05, 0.1) is 11.4 Å². The van der Waals surface area contributed by atoms with Crippen molar-refractivity contribution in [1.29, 1.82) is 0 Å². The van der Waals surface area contributed by atoms with Crippen LogP contribution in [0, 0.1) is 0 Å². The molecule has 0 radical (unpaired) electrons. The number of halogens is 1. The van der Waals surface area contributed by atoms with Crippen molar-refractivity contribution in [1.82, 2.24) is 9.78 Å². The largest absolute Gasteiger partial charge is 0.550 e. The fraction of sp³-hybridized carbons (Fsp3) is 0.105. The van der Waals surface area contributed by atoms with Crippen molar-refractivity contribution in [3.8, 4) is 16.9 Å². The molecule has 0 spiro atoms. The lowest BCUT2D eigenvalue weighted by molar-refractivity contribution is -0.305. The Bertz CT molecular complexity index is 938. The van der Waals surface area contributed by atoms with Crippen molar-refractivity contribution in [2.75, 3.05) is 5.32 Å². The highest BCUT2D eigenvalue weighted by molar-refractivity contribution is 6.30. The van der Waals surface area contributed by atoms with Crippen LogP contribution in [0.15, 0.2) is 60.7 Å². The van der Waals surface area contributed by atoms with Crippen LogP contribution < -0.4 is 10.4 Å². The highest BCUT2D eigenvalue weighted by Gasteiger charge is 2.14. The maximum Gasteiger partial charge on any atom is 0.225 e. The smallest absolute Gasteiger partial charge is 0.225 e. The summed E-state index contributed by atoms with van der Waals surface area (Å²) in [5, 5.41) is 18.3. The van der Waals surface area contributed by atoms with E-state index in [-0.39, 0.29) is 12.8 Å². The van der Waals surface area contributed by atoms with E-state index in [1.54, 1.807) is 28.9 Å². The zero-order valence-corrected chi connectivity index (χ0v) is 14.4. The monoisotopic (exact) mass is 368 g/mol. The van der Waals surface area contributed by atoms with Gasteiger partial charge in [-0.25, -0.2) is 4.68 Å². The van der Waals surface area contributed by atoms with E-state index in [2.05, 4.69) is 10.4 Å². The van der Waals surface area contributed by atoms with Gasteiger partial charge < -0.3 is 15.2 Å². The van der Waals surface area contributed by atoms with Crippen LogP contribution in [0.25, 0.3) is 16.9 Å². The molecule has 6 nitrogen and oxygen atoms in total. The van der Waals surface area contributed by atoms with Crippen LogP contribution in [0.5, 0.6) is 0 Å². The Morgan fingerprint density at radius 1 is 1.04 bits per heavy atom. The zero-order valence-electron chi connectivity index (χ0n) is 13.7. The third-order valence-electron chi connectivity index (χ3n) is 3.66. The lowest BCUT2D eigenvalue weighted by atomic mass is 10.1. The van der Waals surface area contributed by atoms with Crippen molar-refractivity contribution in [2.24, 2.45) is 0 Å². The first-order valence-electron chi connectivity index (χ1n) is 7.94. The highest BCUT2D eigenvalue weighted by Crippen LogP contribution is 2.26.